The van der Waals surface area contributed by atoms with Crippen LogP contribution in [0.2, 0.25) is 5.02 Å². The molecule has 0 aliphatic heterocycles. The molecule has 0 amide bonds. The van der Waals surface area contributed by atoms with Gasteiger partial charge in [0.1, 0.15) is 0 Å². The van der Waals surface area contributed by atoms with Gasteiger partial charge in [0.25, 0.3) is 0 Å². The number of nitrogens with zero attached hydrogens (tertiary/aromatic N) is 1. The van der Waals surface area contributed by atoms with E-state index in [4.69, 9.17) is 16.7 Å². The smallest absolute Gasteiger partial charge is 0.243 e. The van der Waals surface area contributed by atoms with E-state index in [2.05, 4.69) is 22.5 Å². The highest BCUT2D eigenvalue weighted by atomic mass is 79.9. The van der Waals surface area contributed by atoms with E-state index in [1.165, 1.54) is 24.3 Å². The fourth-order valence-corrected chi connectivity index (χ4v) is 3.43. The number of hydrogen-bond acceptors (Lipinski definition) is 3. The average molecular weight is 355 g/mol. The van der Waals surface area contributed by atoms with Crippen molar-refractivity contribution in [1.82, 2.24) is 4.31 Å². The van der Waals surface area contributed by atoms with Gasteiger partial charge < -0.3 is 5.11 Å². The van der Waals surface area contributed by atoms with E-state index in [9.17, 15) is 8.42 Å². The second kappa shape index (κ2) is 6.68. The molecule has 1 aromatic rings. The molecule has 0 radical (unpaired) electrons. The van der Waals surface area contributed by atoms with Crippen LogP contribution in [-0.2, 0) is 10.0 Å². The highest BCUT2D eigenvalue weighted by molar-refractivity contribution is 9.10. The zero-order chi connectivity index (χ0) is 13.8. The molecule has 7 heteroatoms. The minimum atomic E-state index is -3.65. The summed E-state index contributed by atoms with van der Waals surface area (Å²) in [5.41, 5.74) is 0. The maximum Gasteiger partial charge on any atom is 0.243 e. The third-order valence-corrected chi connectivity index (χ3v) is 5.29. The summed E-state index contributed by atoms with van der Waals surface area (Å²) < 4.78 is 26.2. The van der Waals surface area contributed by atoms with Crippen molar-refractivity contribution in [1.29, 1.82) is 0 Å². The first kappa shape index (κ1) is 15.7. The summed E-state index contributed by atoms with van der Waals surface area (Å²) in [5.74, 6) is 0. The fraction of sp³-hybridized carbons (Fsp3) is 0.273. The number of aliphatic hydroxyl groups is 1. The van der Waals surface area contributed by atoms with Crippen LogP contribution in [0.3, 0.4) is 0 Å². The van der Waals surface area contributed by atoms with Gasteiger partial charge >= 0.3 is 0 Å². The summed E-state index contributed by atoms with van der Waals surface area (Å²) >= 11 is 9.00. The molecule has 0 fully saturated rings. The number of aliphatic hydroxyl groups excluding tert-OH is 1. The Morgan fingerprint density at radius 2 is 2.17 bits per heavy atom. The van der Waals surface area contributed by atoms with Crippen molar-refractivity contribution in [2.75, 3.05) is 19.7 Å². The van der Waals surface area contributed by atoms with E-state index < -0.39 is 10.0 Å². The fourth-order valence-electron chi connectivity index (χ4n) is 1.35. The van der Waals surface area contributed by atoms with Gasteiger partial charge in [0.2, 0.25) is 10.0 Å². The molecule has 0 saturated heterocycles. The molecule has 100 valence electrons. The number of rotatable bonds is 6. The number of sulfonamides is 1. The molecule has 0 saturated carbocycles. The Kier molecular flexibility index (Phi) is 5.81. The van der Waals surface area contributed by atoms with E-state index >= 15 is 0 Å². The Bertz CT molecular complexity index is 533. The van der Waals surface area contributed by atoms with Crippen molar-refractivity contribution >= 4 is 37.6 Å². The van der Waals surface area contributed by atoms with Crippen molar-refractivity contribution in [2.45, 2.75) is 4.90 Å². The van der Waals surface area contributed by atoms with Crippen molar-refractivity contribution in [3.05, 3.63) is 40.3 Å². The Hall–Kier alpha value is -0.400. The summed E-state index contributed by atoms with van der Waals surface area (Å²) in [6.07, 6.45) is 1.47. The Morgan fingerprint density at radius 1 is 1.50 bits per heavy atom. The largest absolute Gasteiger partial charge is 0.395 e. The van der Waals surface area contributed by atoms with Crippen molar-refractivity contribution in [2.24, 2.45) is 0 Å². The summed E-state index contributed by atoms with van der Waals surface area (Å²) in [6, 6.07) is 4.37. The van der Waals surface area contributed by atoms with Crippen LogP contribution < -0.4 is 0 Å². The molecule has 1 aromatic carbocycles. The quantitative estimate of drug-likeness (QED) is 0.797. The Labute approximate surface area is 120 Å². The minimum Gasteiger partial charge on any atom is -0.395 e. The van der Waals surface area contributed by atoms with Gasteiger partial charge in [-0.25, -0.2) is 8.42 Å². The molecule has 0 spiro atoms. The van der Waals surface area contributed by atoms with Gasteiger partial charge in [-0.05, 0) is 34.1 Å². The van der Waals surface area contributed by atoms with E-state index in [0.29, 0.717) is 9.50 Å². The van der Waals surface area contributed by atoms with Crippen LogP contribution >= 0.6 is 27.5 Å². The molecule has 0 aromatic heterocycles. The average Bonchev–Trinajstić information content (AvgIpc) is 2.32. The highest BCUT2D eigenvalue weighted by Crippen LogP contribution is 2.26. The van der Waals surface area contributed by atoms with Crippen molar-refractivity contribution < 1.29 is 13.5 Å². The second-order valence-electron chi connectivity index (χ2n) is 3.45. The van der Waals surface area contributed by atoms with E-state index in [0.717, 1.165) is 4.31 Å². The molecule has 1 N–H and O–H groups in total. The first-order valence-electron chi connectivity index (χ1n) is 5.10. The third kappa shape index (κ3) is 3.55. The van der Waals surface area contributed by atoms with Gasteiger partial charge in [0.15, 0.2) is 0 Å². The van der Waals surface area contributed by atoms with Crippen LogP contribution in [-0.4, -0.2) is 37.5 Å². The Balaban J connectivity index is 3.17. The van der Waals surface area contributed by atoms with E-state index in [1.807, 2.05) is 0 Å². The predicted octanol–water partition coefficient (Wildman–Crippen LogP) is 2.27. The second-order valence-corrected chi connectivity index (χ2v) is 6.65. The lowest BCUT2D eigenvalue weighted by atomic mass is 10.4. The predicted molar refractivity (Wildman–Crippen MR) is 75.2 cm³/mol. The third-order valence-electron chi connectivity index (χ3n) is 2.21. The number of benzene rings is 1. The molecular formula is C11H13BrClNO3S. The van der Waals surface area contributed by atoms with Gasteiger partial charge in [-0.15, -0.1) is 6.58 Å². The van der Waals surface area contributed by atoms with Gasteiger partial charge in [-0.3, -0.25) is 0 Å². The van der Waals surface area contributed by atoms with Crippen LogP contribution in [0.15, 0.2) is 40.2 Å². The van der Waals surface area contributed by atoms with Crippen LogP contribution in [0.5, 0.6) is 0 Å². The zero-order valence-electron chi connectivity index (χ0n) is 9.51. The maximum atomic E-state index is 12.3. The van der Waals surface area contributed by atoms with Crippen molar-refractivity contribution in [3.8, 4) is 0 Å². The highest BCUT2D eigenvalue weighted by Gasteiger charge is 2.23. The van der Waals surface area contributed by atoms with Crippen LogP contribution in [0.1, 0.15) is 0 Å². The molecule has 1 rings (SSSR count). The summed E-state index contributed by atoms with van der Waals surface area (Å²) in [5, 5.41) is 9.34. The Morgan fingerprint density at radius 3 is 2.67 bits per heavy atom. The molecule has 0 bridgehead atoms. The molecule has 18 heavy (non-hydrogen) atoms. The van der Waals surface area contributed by atoms with Crippen LogP contribution in [0, 0.1) is 0 Å². The molecule has 0 atom stereocenters. The normalized spacial score (nSPS) is 11.8. The van der Waals surface area contributed by atoms with Gasteiger partial charge in [-0.1, -0.05) is 17.7 Å². The zero-order valence-corrected chi connectivity index (χ0v) is 12.7. The molecule has 0 aliphatic rings. The van der Waals surface area contributed by atoms with Crippen LogP contribution in [0.25, 0.3) is 0 Å². The molecule has 0 heterocycles. The van der Waals surface area contributed by atoms with Crippen molar-refractivity contribution in [3.63, 3.8) is 0 Å². The molecule has 0 aliphatic carbocycles. The van der Waals surface area contributed by atoms with Crippen LogP contribution in [0.4, 0.5) is 0 Å². The topological polar surface area (TPSA) is 57.6 Å². The molecule has 4 nitrogen and oxygen atoms in total. The lowest BCUT2D eigenvalue weighted by molar-refractivity contribution is 0.260. The first-order chi connectivity index (χ1) is 8.43. The standard InChI is InChI=1S/C11H13BrClNO3S/c1-2-5-14(6-7-15)18(16,17)9-3-4-11(13)10(12)8-9/h2-4,8,15H,1,5-7H2. The van der Waals surface area contributed by atoms with Gasteiger partial charge in [-0.2, -0.15) is 4.31 Å². The maximum absolute atomic E-state index is 12.3. The molecule has 0 unspecified atom stereocenters. The van der Waals surface area contributed by atoms with Gasteiger partial charge in [0.05, 0.1) is 16.5 Å². The SMILES string of the molecule is C=CCN(CCO)S(=O)(=O)c1ccc(Cl)c(Br)c1. The van der Waals surface area contributed by atoms with E-state index in [1.54, 1.807) is 0 Å². The summed E-state index contributed by atoms with van der Waals surface area (Å²) in [4.78, 5) is 0.120. The van der Waals surface area contributed by atoms with E-state index in [-0.39, 0.29) is 24.6 Å². The first-order valence-corrected chi connectivity index (χ1v) is 7.71. The van der Waals surface area contributed by atoms with Gasteiger partial charge in [0, 0.05) is 17.6 Å². The monoisotopic (exact) mass is 353 g/mol. The lowest BCUT2D eigenvalue weighted by Gasteiger charge is -2.19. The summed E-state index contributed by atoms with van der Waals surface area (Å²) in [7, 11) is -3.65. The number of halogens is 2. The summed E-state index contributed by atoms with van der Waals surface area (Å²) in [6.45, 7) is 3.42. The number of hydrogen-bond donors (Lipinski definition) is 1. The molecular weight excluding hydrogens is 342 g/mol. The minimum absolute atomic E-state index is 0.0224. The lowest BCUT2D eigenvalue weighted by Crippen LogP contribution is -2.33.